The lowest BCUT2D eigenvalue weighted by Crippen LogP contribution is -2.45. The molecule has 0 unspecified atom stereocenters. The Bertz CT molecular complexity index is 1140. The van der Waals surface area contributed by atoms with Gasteiger partial charge in [0.2, 0.25) is 0 Å². The fraction of sp³-hybridized carbons (Fsp3) is 0.364. The molecule has 174 valence electrons. The highest BCUT2D eigenvalue weighted by Gasteiger charge is 2.49. The topological polar surface area (TPSA) is 102 Å². The molecule has 33 heavy (non-hydrogen) atoms. The maximum atomic E-state index is 14.0. The van der Waals surface area contributed by atoms with Gasteiger partial charge in [0.15, 0.2) is 10.8 Å². The number of nitrogens with one attached hydrogen (secondary N) is 1. The Morgan fingerprint density at radius 2 is 2.09 bits per heavy atom. The largest absolute Gasteiger partial charge is 0.480 e. The molecule has 0 spiro atoms. The number of carboxylic acids is 1. The number of aliphatic imine (C=N–C) groups is 1. The summed E-state index contributed by atoms with van der Waals surface area (Å²) in [6, 6.07) is 6.21. The monoisotopic (exact) mass is 477 g/mol. The van der Waals surface area contributed by atoms with E-state index in [2.05, 4.69) is 21.4 Å². The molecule has 0 aliphatic carbocycles. The van der Waals surface area contributed by atoms with E-state index in [-0.39, 0.29) is 25.2 Å². The highest BCUT2D eigenvalue weighted by atomic mass is 32.1. The van der Waals surface area contributed by atoms with E-state index in [1.165, 1.54) is 35.6 Å². The fourth-order valence-electron chi connectivity index (χ4n) is 4.02. The number of alkyl halides is 2. The van der Waals surface area contributed by atoms with Gasteiger partial charge in [0.25, 0.3) is 5.92 Å². The lowest BCUT2D eigenvalue weighted by atomic mass is 9.83. The van der Waals surface area contributed by atoms with E-state index in [1.54, 1.807) is 18.5 Å². The van der Waals surface area contributed by atoms with Crippen molar-refractivity contribution in [3.63, 3.8) is 0 Å². The zero-order valence-corrected chi connectivity index (χ0v) is 17.7. The number of thiazole rings is 1. The normalized spacial score (nSPS) is 24.5. The zero-order valence-electron chi connectivity index (χ0n) is 16.8. The van der Waals surface area contributed by atoms with Gasteiger partial charge in [0.05, 0.1) is 18.2 Å². The first-order chi connectivity index (χ1) is 15.1. The van der Waals surface area contributed by atoms with Gasteiger partial charge in [-0.2, -0.15) is 5.26 Å². The smallest absolute Gasteiger partial charge is 0.321 e. The maximum Gasteiger partial charge on any atom is 0.321 e. The van der Waals surface area contributed by atoms with Crippen LogP contribution in [-0.2, 0) is 10.3 Å². The summed E-state index contributed by atoms with van der Waals surface area (Å²) < 4.78 is 41.6. The highest BCUT2D eigenvalue weighted by Crippen LogP contribution is 2.39. The van der Waals surface area contributed by atoms with Crippen LogP contribution in [0.2, 0.25) is 0 Å². The SMILES string of the molecule is C.C[C@@]1(c2ccc(F)cc2)N=C(c2nccs2)NC(CN2CC(F)(F)C[C@H]2C(=O)O)=C1C#N. The molecule has 1 saturated heterocycles. The summed E-state index contributed by atoms with van der Waals surface area (Å²) in [5.74, 6) is -4.65. The molecule has 3 heterocycles. The van der Waals surface area contributed by atoms with Gasteiger partial charge < -0.3 is 10.4 Å². The van der Waals surface area contributed by atoms with E-state index >= 15 is 0 Å². The second-order valence-corrected chi connectivity index (χ2v) is 8.68. The molecule has 4 rings (SSSR count). The summed E-state index contributed by atoms with van der Waals surface area (Å²) in [4.78, 5) is 21.6. The number of likely N-dealkylation sites (tertiary alicyclic amines) is 1. The minimum absolute atomic E-state index is 0. The molecule has 2 aliphatic rings. The predicted octanol–water partition coefficient (Wildman–Crippen LogP) is 3.76. The van der Waals surface area contributed by atoms with Crippen LogP contribution in [0.4, 0.5) is 13.2 Å². The van der Waals surface area contributed by atoms with Crippen LogP contribution >= 0.6 is 11.3 Å². The maximum absolute atomic E-state index is 14.0. The van der Waals surface area contributed by atoms with Gasteiger partial charge in [-0.05, 0) is 24.6 Å². The molecule has 2 aliphatic heterocycles. The van der Waals surface area contributed by atoms with Gasteiger partial charge in [-0.3, -0.25) is 9.69 Å². The second-order valence-electron chi connectivity index (χ2n) is 7.79. The number of hydrogen-bond donors (Lipinski definition) is 2. The number of carboxylic acid groups (broad SMARTS) is 1. The number of nitriles is 1. The van der Waals surface area contributed by atoms with Crippen molar-refractivity contribution >= 4 is 23.1 Å². The first-order valence-corrected chi connectivity index (χ1v) is 10.5. The first-order valence-electron chi connectivity index (χ1n) is 9.64. The average Bonchev–Trinajstić information content (AvgIpc) is 3.36. The van der Waals surface area contributed by atoms with Crippen LogP contribution in [0.5, 0.6) is 0 Å². The summed E-state index contributed by atoms with van der Waals surface area (Å²) in [6.07, 6.45) is 0.768. The Balaban J connectivity index is 0.00000306. The molecule has 2 N–H and O–H groups in total. The van der Waals surface area contributed by atoms with Gasteiger partial charge in [-0.15, -0.1) is 11.3 Å². The summed E-state index contributed by atoms with van der Waals surface area (Å²) in [6.45, 7) is 0.696. The van der Waals surface area contributed by atoms with Gasteiger partial charge in [0.1, 0.15) is 17.4 Å². The average molecular weight is 478 g/mol. The predicted molar refractivity (Wildman–Crippen MR) is 117 cm³/mol. The van der Waals surface area contributed by atoms with E-state index in [4.69, 9.17) is 0 Å². The van der Waals surface area contributed by atoms with E-state index < -0.39 is 42.3 Å². The molecule has 0 amide bonds. The molecular weight excluding hydrogens is 455 g/mol. The van der Waals surface area contributed by atoms with Crippen molar-refractivity contribution in [3.8, 4) is 6.07 Å². The quantitative estimate of drug-likeness (QED) is 0.680. The van der Waals surface area contributed by atoms with Crippen LogP contribution in [-0.4, -0.2) is 51.8 Å². The lowest BCUT2D eigenvalue weighted by Gasteiger charge is -2.34. The van der Waals surface area contributed by atoms with Gasteiger partial charge >= 0.3 is 5.97 Å². The molecule has 11 heteroatoms. The van der Waals surface area contributed by atoms with Crippen molar-refractivity contribution in [3.05, 3.63) is 63.5 Å². The Hall–Kier alpha value is -3.23. The van der Waals surface area contributed by atoms with Crippen LogP contribution in [0.15, 0.2) is 52.1 Å². The zero-order chi connectivity index (χ0) is 23.1. The summed E-state index contributed by atoms with van der Waals surface area (Å²) in [5.41, 5.74) is -0.359. The Morgan fingerprint density at radius 1 is 1.39 bits per heavy atom. The van der Waals surface area contributed by atoms with Crippen molar-refractivity contribution < 1.29 is 23.1 Å². The summed E-state index contributed by atoms with van der Waals surface area (Å²) in [5, 5.41) is 24.7. The number of nitrogens with zero attached hydrogens (tertiary/aromatic N) is 4. The van der Waals surface area contributed by atoms with Crippen LogP contribution < -0.4 is 5.32 Å². The molecule has 1 fully saturated rings. The standard InChI is InChI=1S/C21H18F3N5O2S.CH4/c1-20(12-2-4-13(22)5-3-12)14(9-25)15(27-17(28-20)18-26-6-7-32-18)10-29-11-21(23,24)8-16(29)19(30)31;/h2-7,16H,8,10-11H2,1H3,(H,27,28)(H,30,31);1H4/t16-,20-;/m0./s1. The molecule has 0 radical (unpaired) electrons. The summed E-state index contributed by atoms with van der Waals surface area (Å²) >= 11 is 1.29. The Morgan fingerprint density at radius 3 is 2.67 bits per heavy atom. The number of hydrogen-bond acceptors (Lipinski definition) is 7. The lowest BCUT2D eigenvalue weighted by molar-refractivity contribution is -0.142. The number of carbonyl (C=O) groups is 1. The van der Waals surface area contributed by atoms with E-state index in [9.17, 15) is 28.3 Å². The van der Waals surface area contributed by atoms with Crippen LogP contribution in [0, 0.1) is 17.1 Å². The number of amidine groups is 1. The molecule has 2 aromatic rings. The molecule has 2 atom stereocenters. The molecule has 0 bridgehead atoms. The van der Waals surface area contributed by atoms with Crippen molar-refractivity contribution in [1.29, 1.82) is 5.26 Å². The van der Waals surface area contributed by atoms with Crippen molar-refractivity contribution in [2.45, 2.75) is 38.3 Å². The van der Waals surface area contributed by atoms with Crippen molar-refractivity contribution in [2.24, 2.45) is 4.99 Å². The molecule has 7 nitrogen and oxygen atoms in total. The Labute approximate surface area is 192 Å². The highest BCUT2D eigenvalue weighted by molar-refractivity contribution is 7.11. The van der Waals surface area contributed by atoms with E-state index in [0.29, 0.717) is 16.4 Å². The third kappa shape index (κ3) is 4.62. The van der Waals surface area contributed by atoms with E-state index in [0.717, 1.165) is 4.90 Å². The fourth-order valence-corrected chi connectivity index (χ4v) is 4.60. The molecule has 1 aromatic heterocycles. The Kier molecular flexibility index (Phi) is 6.63. The third-order valence-corrected chi connectivity index (χ3v) is 6.34. The van der Waals surface area contributed by atoms with Gasteiger partial charge in [-0.1, -0.05) is 19.6 Å². The molecular formula is C22H22F3N5O2S. The van der Waals surface area contributed by atoms with Gasteiger partial charge in [-0.25, -0.2) is 23.1 Å². The van der Waals surface area contributed by atoms with Crippen LogP contribution in [0.25, 0.3) is 0 Å². The van der Waals surface area contributed by atoms with Crippen molar-refractivity contribution in [2.75, 3.05) is 13.1 Å². The first kappa shape index (κ1) is 24.4. The number of aliphatic carboxylic acids is 1. The van der Waals surface area contributed by atoms with E-state index in [1.807, 2.05) is 0 Å². The van der Waals surface area contributed by atoms with Crippen molar-refractivity contribution in [1.82, 2.24) is 15.2 Å². The second kappa shape index (κ2) is 8.96. The molecule has 0 saturated carbocycles. The van der Waals surface area contributed by atoms with Crippen LogP contribution in [0.3, 0.4) is 0 Å². The number of rotatable bonds is 5. The number of halogens is 3. The van der Waals surface area contributed by atoms with Gasteiger partial charge in [0, 0.05) is 30.2 Å². The third-order valence-electron chi connectivity index (χ3n) is 5.56. The molecule has 1 aromatic carbocycles. The minimum Gasteiger partial charge on any atom is -0.480 e. The number of benzene rings is 1. The minimum atomic E-state index is -3.16. The van der Waals surface area contributed by atoms with Crippen LogP contribution in [0.1, 0.15) is 31.3 Å². The summed E-state index contributed by atoms with van der Waals surface area (Å²) in [7, 11) is 0. The number of aromatic nitrogens is 1.